The Hall–Kier alpha value is -2.95. The Labute approximate surface area is 273 Å². The standard InChI is InChI=1S/C12H10N6.C12H22N4.2ClHO4.Fe/c13-18-11(9-5-1-3-7-14-9)16-17-12(18)10-6-2-4-8-15-10;13-6-3-9-16(10-4-7-14)11-12-5-1-2-8-15-12;2*2-1(3,4)5;/h1-8H,13H2;1-2,5,8H,3-4,6-7,9-11,13-14H2;2*(H,2,3,4,5);/q;;;;+5/p-2. The van der Waals surface area contributed by atoms with Crippen molar-refractivity contribution in [3.63, 3.8) is 0 Å². The second-order valence-corrected chi connectivity index (χ2v) is 9.80. The summed E-state index contributed by atoms with van der Waals surface area (Å²) in [6.45, 7) is 4.41. The van der Waals surface area contributed by atoms with E-state index in [1.807, 2.05) is 54.7 Å². The Morgan fingerprint density at radius 1 is 0.622 bits per heavy atom. The summed E-state index contributed by atoms with van der Waals surface area (Å²) >= 11 is 0. The van der Waals surface area contributed by atoms with E-state index in [1.54, 1.807) is 12.4 Å². The third-order valence-electron chi connectivity index (χ3n) is 4.95. The number of hydrogen-bond donors (Lipinski definition) is 3. The molecule has 0 saturated heterocycles. The second-order valence-electron chi connectivity index (χ2n) is 8.28. The molecule has 0 bridgehead atoms. The first-order chi connectivity index (χ1) is 20.7. The molecule has 45 heavy (non-hydrogen) atoms. The fraction of sp³-hybridized carbons (Fsp3) is 0.292. The summed E-state index contributed by atoms with van der Waals surface area (Å²) in [5, 5.41) is 8.10. The van der Waals surface area contributed by atoms with Gasteiger partial charge in [0.2, 0.25) is 11.6 Å². The summed E-state index contributed by atoms with van der Waals surface area (Å²) in [5.41, 5.74) is 13.5. The van der Waals surface area contributed by atoms with Crippen molar-refractivity contribution in [1.29, 1.82) is 0 Å². The first-order valence-electron chi connectivity index (χ1n) is 12.5. The molecule has 0 spiro atoms. The first-order valence-corrected chi connectivity index (χ1v) is 15.0. The predicted molar refractivity (Wildman–Crippen MR) is 133 cm³/mol. The largest absolute Gasteiger partial charge is 5.00 e. The Kier molecular flexibility index (Phi) is 21.1. The van der Waals surface area contributed by atoms with Crippen LogP contribution < -0.4 is 54.6 Å². The molecule has 0 unspecified atom stereocenters. The molecule has 18 nitrogen and oxygen atoms in total. The molecule has 0 amide bonds. The number of halogens is 2. The average Bonchev–Trinajstić information content (AvgIpc) is 3.35. The molecular formula is C24H32Cl2FeN10O8+3. The van der Waals surface area contributed by atoms with Crippen LogP contribution in [0.5, 0.6) is 0 Å². The van der Waals surface area contributed by atoms with Crippen molar-refractivity contribution in [3.8, 4) is 23.0 Å². The molecule has 0 saturated carbocycles. The van der Waals surface area contributed by atoms with Crippen LogP contribution in [-0.2, 0) is 23.6 Å². The Morgan fingerprint density at radius 3 is 1.31 bits per heavy atom. The molecule has 4 aromatic rings. The number of hydrogen-bond acceptors (Lipinski definition) is 17. The van der Waals surface area contributed by atoms with E-state index in [4.69, 9.17) is 54.6 Å². The summed E-state index contributed by atoms with van der Waals surface area (Å²) in [5.74, 6) is 7.00. The molecule has 1 radical (unpaired) electrons. The molecule has 4 heterocycles. The van der Waals surface area contributed by atoms with Crippen LogP contribution in [0.1, 0.15) is 18.5 Å². The Morgan fingerprint density at radius 2 is 1.00 bits per heavy atom. The van der Waals surface area contributed by atoms with Crippen molar-refractivity contribution in [1.82, 2.24) is 34.7 Å². The van der Waals surface area contributed by atoms with E-state index in [9.17, 15) is 0 Å². The van der Waals surface area contributed by atoms with E-state index in [2.05, 4.69) is 36.1 Å². The Bertz CT molecular complexity index is 1200. The van der Waals surface area contributed by atoms with Crippen molar-refractivity contribution < 1.29 is 74.8 Å². The van der Waals surface area contributed by atoms with Gasteiger partial charge in [0.15, 0.2) is 0 Å². The van der Waals surface area contributed by atoms with E-state index in [1.165, 1.54) is 4.68 Å². The summed E-state index contributed by atoms with van der Waals surface area (Å²) < 4.78 is 69.3. The van der Waals surface area contributed by atoms with E-state index in [0.29, 0.717) is 23.0 Å². The van der Waals surface area contributed by atoms with Gasteiger partial charge in [0, 0.05) is 25.1 Å². The van der Waals surface area contributed by atoms with Crippen molar-refractivity contribution >= 4 is 0 Å². The topological polar surface area (TPSA) is 335 Å². The molecule has 0 atom stereocenters. The second kappa shape index (κ2) is 22.5. The third-order valence-corrected chi connectivity index (χ3v) is 4.95. The average molecular weight is 715 g/mol. The SMILES string of the molecule is NCCCN(CCCN)Cc1ccccn1.Nn1c(-c2ccccn2)nnc1-c1ccccn1.[Fe+5].[O-][Cl+3]([O-])([O-])[O-].[O-][Cl+3]([O-])([O-])[O-]. The smallest absolute Gasteiger partial charge is 0.336 e. The summed E-state index contributed by atoms with van der Waals surface area (Å²) in [7, 11) is -9.89. The number of rotatable bonds is 10. The predicted octanol–water partition coefficient (Wildman–Crippen LogP) is -7.82. The molecular weight excluding hydrogens is 683 g/mol. The molecule has 21 heteroatoms. The number of aromatic nitrogens is 6. The van der Waals surface area contributed by atoms with Gasteiger partial charge >= 0.3 is 17.1 Å². The van der Waals surface area contributed by atoms with Crippen LogP contribution in [0, 0.1) is 20.5 Å². The van der Waals surface area contributed by atoms with Crippen LogP contribution in [0.25, 0.3) is 23.0 Å². The number of pyridine rings is 3. The summed E-state index contributed by atoms with van der Waals surface area (Å²) in [4.78, 5) is 15.1. The van der Waals surface area contributed by atoms with Gasteiger partial charge in [-0.05, 0) is 75.4 Å². The molecule has 6 N–H and O–H groups in total. The van der Waals surface area contributed by atoms with Gasteiger partial charge in [-0.1, -0.05) is 18.2 Å². The molecule has 4 rings (SSSR count). The van der Waals surface area contributed by atoms with Crippen LogP contribution >= 0.6 is 0 Å². The Balaban J connectivity index is 0.000000657. The summed E-state index contributed by atoms with van der Waals surface area (Å²) in [6, 6.07) is 17.1. The van der Waals surface area contributed by atoms with Crippen LogP contribution in [0.3, 0.4) is 0 Å². The number of nitrogens with two attached hydrogens (primary N) is 3. The van der Waals surface area contributed by atoms with Crippen molar-refractivity contribution in [2.45, 2.75) is 19.4 Å². The van der Waals surface area contributed by atoms with Crippen LogP contribution in [0.2, 0.25) is 0 Å². The van der Waals surface area contributed by atoms with Gasteiger partial charge in [-0.3, -0.25) is 19.9 Å². The fourth-order valence-corrected chi connectivity index (χ4v) is 3.25. The molecule has 245 valence electrons. The maximum absolute atomic E-state index is 8.49. The zero-order valence-electron chi connectivity index (χ0n) is 23.6. The van der Waals surface area contributed by atoms with Gasteiger partial charge < -0.3 is 17.3 Å². The van der Waals surface area contributed by atoms with E-state index in [0.717, 1.165) is 51.3 Å². The summed E-state index contributed by atoms with van der Waals surface area (Å²) in [6.07, 6.45) is 7.25. The third kappa shape index (κ3) is 21.4. The molecule has 0 fully saturated rings. The molecule has 0 aliphatic carbocycles. The molecule has 0 aromatic carbocycles. The van der Waals surface area contributed by atoms with Gasteiger partial charge in [-0.15, -0.1) is 30.7 Å². The van der Waals surface area contributed by atoms with Crippen LogP contribution in [0.4, 0.5) is 0 Å². The number of nitrogen functional groups attached to an aromatic ring is 1. The van der Waals surface area contributed by atoms with Crippen molar-refractivity contribution in [2.24, 2.45) is 11.5 Å². The van der Waals surface area contributed by atoms with Gasteiger partial charge in [0.1, 0.15) is 11.4 Å². The minimum atomic E-state index is -4.94. The van der Waals surface area contributed by atoms with Crippen molar-refractivity contribution in [3.05, 3.63) is 78.9 Å². The fourth-order valence-electron chi connectivity index (χ4n) is 3.25. The zero-order chi connectivity index (χ0) is 33.0. The minimum Gasteiger partial charge on any atom is -0.336 e. The van der Waals surface area contributed by atoms with E-state index < -0.39 is 20.5 Å². The van der Waals surface area contributed by atoms with Crippen LogP contribution in [0.15, 0.2) is 73.2 Å². The monoisotopic (exact) mass is 714 g/mol. The van der Waals surface area contributed by atoms with Crippen molar-refractivity contribution in [2.75, 3.05) is 32.0 Å². The van der Waals surface area contributed by atoms with Gasteiger partial charge in [-0.2, -0.15) is 0 Å². The first kappa shape index (κ1) is 42.0. The zero-order valence-corrected chi connectivity index (χ0v) is 26.2. The molecule has 0 aliphatic heterocycles. The maximum atomic E-state index is 8.49. The van der Waals surface area contributed by atoms with Crippen LogP contribution in [-0.4, -0.2) is 60.9 Å². The minimum absolute atomic E-state index is 0. The number of nitrogens with zero attached hydrogens (tertiary/aromatic N) is 7. The molecule has 0 aliphatic rings. The van der Waals surface area contributed by atoms with Gasteiger partial charge in [0.05, 0.1) is 5.69 Å². The quantitative estimate of drug-likeness (QED) is 0.101. The molecule has 4 aromatic heterocycles. The van der Waals surface area contributed by atoms with Gasteiger partial charge in [0.25, 0.3) is 0 Å². The van der Waals surface area contributed by atoms with E-state index >= 15 is 0 Å². The maximum Gasteiger partial charge on any atom is 5.00 e. The van der Waals surface area contributed by atoms with E-state index in [-0.39, 0.29) is 17.1 Å². The van der Waals surface area contributed by atoms with Gasteiger partial charge in [-0.25, -0.2) is 41.9 Å². The normalized spacial score (nSPS) is 10.7.